The normalized spacial score (nSPS) is 21.3. The quantitative estimate of drug-likeness (QED) is 0.0145. The minimum Gasteiger partial charge on any atom is -0.462 e. The van der Waals surface area contributed by atoms with E-state index in [1.54, 1.807) is 0 Å². The highest BCUT2D eigenvalue weighted by Crippen LogP contribution is 2.47. The Bertz CT molecular complexity index is 1220. The van der Waals surface area contributed by atoms with E-state index in [9.17, 15) is 44.6 Å². The number of esters is 2. The minimum atomic E-state index is -5.12. The fourth-order valence-electron chi connectivity index (χ4n) is 8.21. The molecule has 6 N–H and O–H groups in total. The van der Waals surface area contributed by atoms with Crippen LogP contribution in [0.3, 0.4) is 0 Å². The SMILES string of the molecule is C=CCCCCCCCCCCCCCCCC(=O)O[C@@H](COC(=O)CCCCCCCCCCCCC/C=C/CCCCCCCC)COP(=O)(O)OC1C(O)C(O)C(O)[C@H](O)C1O. The summed E-state index contributed by atoms with van der Waals surface area (Å²) in [4.78, 5) is 35.8. The standard InChI is InChI=1S/C51H95O13P/c1-3-5-7-9-11-13-15-17-19-20-21-22-23-24-26-27-29-31-33-35-37-39-44(52)61-41-43(42-62-65(59,60)64-51-49(57)47(55)46(54)48(56)50(51)58)63-45(53)40-38-36-34-32-30-28-25-18-16-14-12-10-8-6-4-2/h4,17,19,43,46-51,54-58H,2-3,5-16,18,20-42H2,1H3,(H,59,60)/b19-17+/t43-,46?,47-,48?,49?,50?,51?/m0/s1. The lowest BCUT2D eigenvalue weighted by molar-refractivity contribution is -0.220. The van der Waals surface area contributed by atoms with Gasteiger partial charge in [-0.25, -0.2) is 4.57 Å². The Morgan fingerprint density at radius 2 is 0.862 bits per heavy atom. The average Bonchev–Trinajstić information content (AvgIpc) is 3.29. The van der Waals surface area contributed by atoms with Crippen LogP contribution in [0.4, 0.5) is 0 Å². The highest BCUT2D eigenvalue weighted by molar-refractivity contribution is 7.47. The maximum Gasteiger partial charge on any atom is 0.472 e. The molecule has 1 saturated carbocycles. The summed E-state index contributed by atoms with van der Waals surface area (Å²) in [7, 11) is -5.12. The molecule has 8 atom stereocenters. The number of rotatable bonds is 45. The Morgan fingerprint density at radius 3 is 1.28 bits per heavy atom. The van der Waals surface area contributed by atoms with Crippen LogP contribution in [0.15, 0.2) is 24.8 Å². The van der Waals surface area contributed by atoms with Gasteiger partial charge in [0.1, 0.15) is 43.2 Å². The van der Waals surface area contributed by atoms with Crippen LogP contribution in [0, 0.1) is 0 Å². The van der Waals surface area contributed by atoms with Crippen molar-refractivity contribution in [1.82, 2.24) is 0 Å². The second-order valence-corrected chi connectivity index (χ2v) is 19.9. The third kappa shape index (κ3) is 33.5. The third-order valence-electron chi connectivity index (χ3n) is 12.4. The molecule has 0 bridgehead atoms. The van der Waals surface area contributed by atoms with Gasteiger partial charge in [0.25, 0.3) is 0 Å². The van der Waals surface area contributed by atoms with Gasteiger partial charge in [-0.3, -0.25) is 18.6 Å². The van der Waals surface area contributed by atoms with Crippen LogP contribution in [0.25, 0.3) is 0 Å². The topological polar surface area (TPSA) is 210 Å². The fourth-order valence-corrected chi connectivity index (χ4v) is 9.18. The molecule has 1 fully saturated rings. The van der Waals surface area contributed by atoms with Gasteiger partial charge in [-0.05, 0) is 51.4 Å². The zero-order valence-electron chi connectivity index (χ0n) is 40.6. The third-order valence-corrected chi connectivity index (χ3v) is 13.4. The second-order valence-electron chi connectivity index (χ2n) is 18.5. The zero-order chi connectivity index (χ0) is 47.8. The average molecular weight is 947 g/mol. The number of allylic oxidation sites excluding steroid dienone is 3. The first-order valence-corrected chi connectivity index (χ1v) is 27.6. The molecule has 1 aliphatic rings. The summed E-state index contributed by atoms with van der Waals surface area (Å²) in [5.74, 6) is -1.09. The van der Waals surface area contributed by atoms with Gasteiger partial charge >= 0.3 is 19.8 Å². The van der Waals surface area contributed by atoms with E-state index < -0.39 is 75.7 Å². The van der Waals surface area contributed by atoms with Crippen LogP contribution in [0.5, 0.6) is 0 Å². The molecule has 382 valence electrons. The van der Waals surface area contributed by atoms with E-state index in [1.165, 1.54) is 148 Å². The zero-order valence-corrected chi connectivity index (χ0v) is 41.5. The van der Waals surface area contributed by atoms with E-state index in [0.717, 1.165) is 51.4 Å². The van der Waals surface area contributed by atoms with Gasteiger partial charge in [-0.2, -0.15) is 0 Å². The molecule has 1 rings (SSSR count). The lowest BCUT2D eigenvalue weighted by atomic mass is 9.85. The molecule has 65 heavy (non-hydrogen) atoms. The summed E-state index contributed by atoms with van der Waals surface area (Å²) in [5.41, 5.74) is 0. The van der Waals surface area contributed by atoms with Crippen molar-refractivity contribution in [3.05, 3.63) is 24.8 Å². The highest BCUT2D eigenvalue weighted by atomic mass is 31.2. The van der Waals surface area contributed by atoms with Crippen LogP contribution in [0.2, 0.25) is 0 Å². The van der Waals surface area contributed by atoms with Crippen molar-refractivity contribution in [3.8, 4) is 0 Å². The summed E-state index contributed by atoms with van der Waals surface area (Å²) in [6.07, 6.45) is 32.6. The largest absolute Gasteiger partial charge is 0.472 e. The van der Waals surface area contributed by atoms with Crippen molar-refractivity contribution in [3.63, 3.8) is 0 Å². The minimum absolute atomic E-state index is 0.0976. The van der Waals surface area contributed by atoms with Crippen LogP contribution in [0.1, 0.15) is 232 Å². The molecule has 0 saturated heterocycles. The van der Waals surface area contributed by atoms with Gasteiger partial charge in [0.05, 0.1) is 6.61 Å². The predicted octanol–water partition coefficient (Wildman–Crippen LogP) is 11.2. The Labute approximate surface area is 394 Å². The molecule has 0 aromatic heterocycles. The van der Waals surface area contributed by atoms with Crippen molar-refractivity contribution < 1.29 is 63.1 Å². The molecule has 0 spiro atoms. The van der Waals surface area contributed by atoms with Crippen molar-refractivity contribution >= 4 is 19.8 Å². The number of phosphoric ester groups is 1. The van der Waals surface area contributed by atoms with Gasteiger partial charge in [-0.1, -0.05) is 186 Å². The molecule has 0 amide bonds. The van der Waals surface area contributed by atoms with E-state index in [1.807, 2.05) is 6.08 Å². The number of carbonyl (C=O) groups excluding carboxylic acids is 2. The van der Waals surface area contributed by atoms with Crippen molar-refractivity contribution in [2.75, 3.05) is 13.2 Å². The Kier molecular flexibility index (Phi) is 39.0. The summed E-state index contributed by atoms with van der Waals surface area (Å²) < 4.78 is 33.6. The Morgan fingerprint density at radius 1 is 0.508 bits per heavy atom. The molecule has 1 aliphatic carbocycles. The molecule has 13 nitrogen and oxygen atoms in total. The summed E-state index contributed by atoms with van der Waals surface area (Å²) in [5, 5.41) is 50.3. The Balaban J connectivity index is 2.36. The van der Waals surface area contributed by atoms with E-state index in [4.69, 9.17) is 18.5 Å². The Hall–Kier alpha value is -1.67. The molecule has 6 unspecified atom stereocenters. The number of aliphatic hydroxyl groups is 5. The maximum atomic E-state index is 12.8. The molecular weight excluding hydrogens is 852 g/mol. The van der Waals surface area contributed by atoms with E-state index in [0.29, 0.717) is 12.8 Å². The lowest BCUT2D eigenvalue weighted by Crippen LogP contribution is -2.64. The van der Waals surface area contributed by atoms with Gasteiger partial charge < -0.3 is 39.9 Å². The maximum absolute atomic E-state index is 12.8. The first-order chi connectivity index (χ1) is 31.4. The van der Waals surface area contributed by atoms with Gasteiger partial charge in [0, 0.05) is 12.8 Å². The molecule has 14 heteroatoms. The molecule has 0 radical (unpaired) electrons. The number of unbranched alkanes of at least 4 members (excludes halogenated alkanes) is 30. The molecule has 0 aliphatic heterocycles. The molecule has 0 aromatic rings. The molecule has 0 aromatic carbocycles. The smallest absolute Gasteiger partial charge is 0.462 e. The van der Waals surface area contributed by atoms with Gasteiger partial charge in [-0.15, -0.1) is 6.58 Å². The monoisotopic (exact) mass is 947 g/mol. The van der Waals surface area contributed by atoms with E-state index in [-0.39, 0.29) is 12.8 Å². The number of hydrogen-bond acceptors (Lipinski definition) is 12. The van der Waals surface area contributed by atoms with E-state index in [2.05, 4.69) is 25.7 Å². The van der Waals surface area contributed by atoms with Gasteiger partial charge in [0.15, 0.2) is 6.10 Å². The van der Waals surface area contributed by atoms with Crippen LogP contribution >= 0.6 is 7.82 Å². The predicted molar refractivity (Wildman–Crippen MR) is 258 cm³/mol. The number of hydrogen-bond donors (Lipinski definition) is 6. The van der Waals surface area contributed by atoms with Crippen molar-refractivity contribution in [2.45, 2.75) is 274 Å². The number of carbonyl (C=O) groups is 2. The van der Waals surface area contributed by atoms with Crippen molar-refractivity contribution in [1.29, 1.82) is 0 Å². The highest BCUT2D eigenvalue weighted by Gasteiger charge is 2.51. The molecule has 0 heterocycles. The lowest BCUT2D eigenvalue weighted by Gasteiger charge is -2.41. The summed E-state index contributed by atoms with van der Waals surface area (Å²) in [6.45, 7) is 4.86. The van der Waals surface area contributed by atoms with E-state index >= 15 is 0 Å². The number of aliphatic hydroxyl groups excluding tert-OH is 5. The first-order valence-electron chi connectivity index (χ1n) is 26.1. The van der Waals surface area contributed by atoms with Gasteiger partial charge in [0.2, 0.25) is 0 Å². The summed E-state index contributed by atoms with van der Waals surface area (Å²) in [6, 6.07) is 0. The second kappa shape index (κ2) is 41.3. The number of phosphoric acid groups is 1. The van der Waals surface area contributed by atoms with Crippen LogP contribution in [-0.2, 0) is 32.7 Å². The van der Waals surface area contributed by atoms with Crippen LogP contribution < -0.4 is 0 Å². The van der Waals surface area contributed by atoms with Crippen LogP contribution in [-0.4, -0.2) is 98.3 Å². The molecular formula is C51H95O13P. The fraction of sp³-hybridized carbons (Fsp3) is 0.882. The summed E-state index contributed by atoms with van der Waals surface area (Å²) >= 11 is 0. The van der Waals surface area contributed by atoms with Crippen molar-refractivity contribution in [2.24, 2.45) is 0 Å². The number of ether oxygens (including phenoxy) is 2. The first kappa shape index (κ1) is 61.3.